The number of carbonyl (C=O) groups excluding carboxylic acids is 1. The largest absolute Gasteiger partial charge is 0.497 e. The van der Waals surface area contributed by atoms with E-state index in [4.69, 9.17) is 21.6 Å². The van der Waals surface area contributed by atoms with Crippen molar-refractivity contribution in [3.63, 3.8) is 0 Å². The number of pyridine rings is 1. The first-order chi connectivity index (χ1) is 10.6. The van der Waals surface area contributed by atoms with Gasteiger partial charge in [0.05, 0.1) is 7.11 Å². The normalized spacial score (nSPS) is 10.7. The zero-order valence-corrected chi connectivity index (χ0v) is 12.5. The van der Waals surface area contributed by atoms with Gasteiger partial charge in [0.2, 0.25) is 0 Å². The summed E-state index contributed by atoms with van der Waals surface area (Å²) in [6.07, 6.45) is 2.92. The Labute approximate surface area is 132 Å². The molecule has 0 bridgehead atoms. The van der Waals surface area contributed by atoms with Crippen molar-refractivity contribution >= 4 is 29.3 Å². The average Bonchev–Trinajstić information content (AvgIpc) is 2.54. The van der Waals surface area contributed by atoms with E-state index in [0.29, 0.717) is 17.0 Å². The molecule has 110 valence electrons. The molecule has 0 spiro atoms. The van der Waals surface area contributed by atoms with Gasteiger partial charge in [0.1, 0.15) is 22.5 Å². The predicted molar refractivity (Wildman–Crippen MR) is 84.5 cm³/mol. The van der Waals surface area contributed by atoms with E-state index in [0.717, 1.165) is 0 Å². The van der Waals surface area contributed by atoms with Gasteiger partial charge in [0.15, 0.2) is 0 Å². The van der Waals surface area contributed by atoms with Crippen LogP contribution >= 0.6 is 11.6 Å². The molecule has 0 unspecified atom stereocenters. The predicted octanol–water partition coefficient (Wildman–Crippen LogP) is 3.29. The van der Waals surface area contributed by atoms with Gasteiger partial charge < -0.3 is 10.1 Å². The molecule has 2 rings (SSSR count). The molecule has 0 fully saturated rings. The first kappa shape index (κ1) is 15.5. The minimum Gasteiger partial charge on any atom is -0.497 e. The number of halogens is 1. The van der Waals surface area contributed by atoms with Crippen molar-refractivity contribution in [1.29, 1.82) is 5.26 Å². The lowest BCUT2D eigenvalue weighted by Gasteiger charge is -2.06. The van der Waals surface area contributed by atoms with Crippen LogP contribution in [0.3, 0.4) is 0 Å². The summed E-state index contributed by atoms with van der Waals surface area (Å²) in [5, 5.41) is 12.0. The van der Waals surface area contributed by atoms with E-state index >= 15 is 0 Å². The third-order valence-corrected chi connectivity index (χ3v) is 3.10. The van der Waals surface area contributed by atoms with E-state index in [1.165, 1.54) is 19.4 Å². The van der Waals surface area contributed by atoms with Gasteiger partial charge in [-0.1, -0.05) is 23.7 Å². The number of methoxy groups -OCH3 is 1. The standard InChI is InChI=1S/C16H12ClN3O2/c1-22-14-6-2-5-13(9-14)20-16(21)12(10-18)8-11-4-3-7-19-15(11)17/h2-9H,1H3,(H,20,21)/b12-8+. The van der Waals surface area contributed by atoms with Crippen LogP contribution in [-0.4, -0.2) is 18.0 Å². The molecule has 6 heteroatoms. The third kappa shape index (κ3) is 3.84. The topological polar surface area (TPSA) is 75.0 Å². The van der Waals surface area contributed by atoms with Crippen LogP contribution in [0.15, 0.2) is 48.2 Å². The first-order valence-electron chi connectivity index (χ1n) is 6.31. The summed E-state index contributed by atoms with van der Waals surface area (Å²) in [6.45, 7) is 0. The Morgan fingerprint density at radius 2 is 2.23 bits per heavy atom. The fourth-order valence-corrected chi connectivity index (χ4v) is 1.88. The summed E-state index contributed by atoms with van der Waals surface area (Å²) in [4.78, 5) is 16.0. The minimum absolute atomic E-state index is 0.0716. The minimum atomic E-state index is -0.532. The number of carbonyl (C=O) groups is 1. The maximum Gasteiger partial charge on any atom is 0.266 e. The molecule has 0 saturated carbocycles. The van der Waals surface area contributed by atoms with Gasteiger partial charge in [-0.15, -0.1) is 0 Å². The molecule has 22 heavy (non-hydrogen) atoms. The monoisotopic (exact) mass is 313 g/mol. The molecule has 1 heterocycles. The van der Waals surface area contributed by atoms with Crippen molar-refractivity contribution in [2.75, 3.05) is 12.4 Å². The molecule has 0 saturated heterocycles. The van der Waals surface area contributed by atoms with Crippen LogP contribution < -0.4 is 10.1 Å². The molecule has 0 aliphatic rings. The number of nitrogens with zero attached hydrogens (tertiary/aromatic N) is 2. The highest BCUT2D eigenvalue weighted by Crippen LogP contribution is 2.19. The van der Waals surface area contributed by atoms with Gasteiger partial charge in [0, 0.05) is 23.5 Å². The van der Waals surface area contributed by atoms with Crippen molar-refractivity contribution in [1.82, 2.24) is 4.98 Å². The number of amides is 1. The highest BCUT2D eigenvalue weighted by Gasteiger charge is 2.11. The van der Waals surface area contributed by atoms with Crippen molar-refractivity contribution in [3.8, 4) is 11.8 Å². The van der Waals surface area contributed by atoms with Crippen LogP contribution in [0.1, 0.15) is 5.56 Å². The number of anilines is 1. The van der Waals surface area contributed by atoms with Crippen molar-refractivity contribution < 1.29 is 9.53 Å². The number of nitrogens with one attached hydrogen (secondary N) is 1. The van der Waals surface area contributed by atoms with Crippen molar-refractivity contribution in [3.05, 3.63) is 58.9 Å². The molecule has 0 radical (unpaired) electrons. The fraction of sp³-hybridized carbons (Fsp3) is 0.0625. The Balaban J connectivity index is 2.23. The summed E-state index contributed by atoms with van der Waals surface area (Å²) in [7, 11) is 1.53. The summed E-state index contributed by atoms with van der Waals surface area (Å²) in [5.74, 6) is 0.0752. The molecule has 0 aliphatic heterocycles. The molecular formula is C16H12ClN3O2. The molecule has 0 atom stereocenters. The molecule has 0 aliphatic carbocycles. The van der Waals surface area contributed by atoms with Gasteiger partial charge >= 0.3 is 0 Å². The van der Waals surface area contributed by atoms with Crippen molar-refractivity contribution in [2.45, 2.75) is 0 Å². The maximum absolute atomic E-state index is 12.2. The van der Waals surface area contributed by atoms with E-state index in [2.05, 4.69) is 10.3 Å². The summed E-state index contributed by atoms with van der Waals surface area (Å²) >= 11 is 5.92. The van der Waals surface area contributed by atoms with E-state index < -0.39 is 5.91 Å². The quantitative estimate of drug-likeness (QED) is 0.534. The Kier molecular flexibility index (Phi) is 5.12. The SMILES string of the molecule is COc1cccc(NC(=O)/C(C#N)=C/c2cccnc2Cl)c1. The Morgan fingerprint density at radius 1 is 1.41 bits per heavy atom. The van der Waals surface area contributed by atoms with Gasteiger partial charge in [0.25, 0.3) is 5.91 Å². The summed E-state index contributed by atoms with van der Waals surface area (Å²) in [5.41, 5.74) is 0.960. The van der Waals surface area contributed by atoms with Gasteiger partial charge in [-0.25, -0.2) is 4.98 Å². The van der Waals surface area contributed by atoms with Gasteiger partial charge in [-0.05, 0) is 24.3 Å². The maximum atomic E-state index is 12.2. The zero-order chi connectivity index (χ0) is 15.9. The second-order valence-corrected chi connectivity index (χ2v) is 4.60. The van der Waals surface area contributed by atoms with Crippen LogP contribution in [0.2, 0.25) is 5.15 Å². The van der Waals surface area contributed by atoms with Crippen LogP contribution in [0, 0.1) is 11.3 Å². The number of hydrogen-bond acceptors (Lipinski definition) is 4. The molecule has 1 aromatic carbocycles. The highest BCUT2D eigenvalue weighted by molar-refractivity contribution is 6.31. The number of benzene rings is 1. The number of nitriles is 1. The van der Waals surface area contributed by atoms with Gasteiger partial charge in [-0.2, -0.15) is 5.26 Å². The Hall–Kier alpha value is -2.84. The van der Waals surface area contributed by atoms with E-state index in [1.54, 1.807) is 36.4 Å². The molecular weight excluding hydrogens is 302 g/mol. The molecule has 1 N–H and O–H groups in total. The molecule has 1 aromatic heterocycles. The number of aromatic nitrogens is 1. The lowest BCUT2D eigenvalue weighted by atomic mass is 10.1. The smallest absolute Gasteiger partial charge is 0.266 e. The number of ether oxygens (including phenoxy) is 1. The third-order valence-electron chi connectivity index (χ3n) is 2.78. The van der Waals surface area contributed by atoms with Gasteiger partial charge in [-0.3, -0.25) is 4.79 Å². The molecule has 1 amide bonds. The summed E-state index contributed by atoms with van der Waals surface area (Å²) < 4.78 is 5.08. The Morgan fingerprint density at radius 3 is 2.91 bits per heavy atom. The highest BCUT2D eigenvalue weighted by atomic mass is 35.5. The van der Waals surface area contributed by atoms with Crippen molar-refractivity contribution in [2.24, 2.45) is 0 Å². The van der Waals surface area contributed by atoms with Crippen LogP contribution in [0.5, 0.6) is 5.75 Å². The average molecular weight is 314 g/mol. The van der Waals surface area contributed by atoms with E-state index in [1.807, 2.05) is 6.07 Å². The second-order valence-electron chi connectivity index (χ2n) is 4.24. The van der Waals surface area contributed by atoms with E-state index in [-0.39, 0.29) is 10.7 Å². The Bertz CT molecular complexity index is 766. The lowest BCUT2D eigenvalue weighted by Crippen LogP contribution is -2.13. The number of hydrogen-bond donors (Lipinski definition) is 1. The van der Waals surface area contributed by atoms with E-state index in [9.17, 15) is 4.79 Å². The van der Waals surface area contributed by atoms with Crippen LogP contribution in [0.4, 0.5) is 5.69 Å². The zero-order valence-electron chi connectivity index (χ0n) is 11.7. The molecule has 5 nitrogen and oxygen atoms in total. The van der Waals surface area contributed by atoms with Crippen LogP contribution in [-0.2, 0) is 4.79 Å². The molecule has 2 aromatic rings. The first-order valence-corrected chi connectivity index (χ1v) is 6.69. The second kappa shape index (κ2) is 7.25. The fourth-order valence-electron chi connectivity index (χ4n) is 1.71. The van der Waals surface area contributed by atoms with Crippen LogP contribution in [0.25, 0.3) is 6.08 Å². The summed E-state index contributed by atoms with van der Waals surface area (Å²) in [6, 6.07) is 12.1. The lowest BCUT2D eigenvalue weighted by molar-refractivity contribution is -0.112. The number of rotatable bonds is 4.